The fourth-order valence-corrected chi connectivity index (χ4v) is 3.20. The average molecular weight is 399 g/mol. The van der Waals surface area contributed by atoms with Crippen LogP contribution in [0.15, 0.2) is 18.2 Å². The van der Waals surface area contributed by atoms with Crippen molar-refractivity contribution in [2.24, 2.45) is 11.8 Å². The van der Waals surface area contributed by atoms with Gasteiger partial charge in [-0.05, 0) is 36.5 Å². The number of likely N-dealkylation sites (tertiary alicyclic amines) is 1. The van der Waals surface area contributed by atoms with E-state index in [-0.39, 0.29) is 12.5 Å². The smallest absolute Gasteiger partial charge is 0.290 e. The van der Waals surface area contributed by atoms with Gasteiger partial charge in [0.15, 0.2) is 0 Å². The summed E-state index contributed by atoms with van der Waals surface area (Å²) in [4.78, 5) is 37.8. The van der Waals surface area contributed by atoms with Crippen molar-refractivity contribution in [3.8, 4) is 0 Å². The summed E-state index contributed by atoms with van der Waals surface area (Å²) in [5.74, 6) is -2.10. The zero-order chi connectivity index (χ0) is 19.3. The number of nitrogens with one attached hydrogen (secondary N) is 1. The molecule has 1 aromatic carbocycles. The lowest BCUT2D eigenvalue weighted by Gasteiger charge is -2.19. The summed E-state index contributed by atoms with van der Waals surface area (Å²) >= 11 is 11.9. The second-order valence-electron chi connectivity index (χ2n) is 6.78. The average Bonchev–Trinajstić information content (AvgIpc) is 2.89. The third kappa shape index (κ3) is 5.21. The molecule has 1 aromatic rings. The third-order valence-electron chi connectivity index (χ3n) is 4.69. The van der Waals surface area contributed by atoms with Gasteiger partial charge in [0.1, 0.15) is 5.92 Å². The first-order chi connectivity index (χ1) is 12.3. The first-order valence-corrected chi connectivity index (χ1v) is 9.63. The van der Waals surface area contributed by atoms with Crippen LogP contribution in [0.4, 0.5) is 0 Å². The first-order valence-electron chi connectivity index (χ1n) is 8.88. The molecule has 0 saturated carbocycles. The lowest BCUT2D eigenvalue weighted by molar-refractivity contribution is -0.142. The molecule has 26 heavy (non-hydrogen) atoms. The predicted octanol–water partition coefficient (Wildman–Crippen LogP) is 3.12. The third-order valence-corrected chi connectivity index (χ3v) is 5.43. The number of benzene rings is 1. The van der Waals surface area contributed by atoms with E-state index in [0.29, 0.717) is 35.5 Å². The van der Waals surface area contributed by atoms with Gasteiger partial charge in [-0.2, -0.15) is 0 Å². The normalized spacial score (nSPS) is 18.3. The van der Waals surface area contributed by atoms with E-state index in [1.807, 2.05) is 19.9 Å². The van der Waals surface area contributed by atoms with Gasteiger partial charge in [-0.3, -0.25) is 14.4 Å². The van der Waals surface area contributed by atoms with Crippen molar-refractivity contribution in [2.75, 3.05) is 19.6 Å². The van der Waals surface area contributed by atoms with E-state index < -0.39 is 17.6 Å². The number of hydrogen-bond donors (Lipinski definition) is 1. The van der Waals surface area contributed by atoms with Crippen LogP contribution in [0, 0.1) is 11.8 Å². The van der Waals surface area contributed by atoms with Gasteiger partial charge in [0.25, 0.3) is 5.91 Å². The molecule has 142 valence electrons. The van der Waals surface area contributed by atoms with E-state index in [2.05, 4.69) is 5.32 Å². The summed E-state index contributed by atoms with van der Waals surface area (Å²) in [6.45, 7) is 5.19. The Morgan fingerprint density at radius 1 is 1.31 bits per heavy atom. The highest BCUT2D eigenvalue weighted by Gasteiger charge is 2.42. The standard InChI is InChI=1S/C19H24Cl2N2O3/c1-3-12(2)10-23-11-14(17(24)19(23)26)18(25)22-8-4-5-13-6-7-15(20)16(21)9-13/h6-7,9,12,14H,3-5,8,10-11H2,1-2H3,(H,22,25). The Bertz CT molecular complexity index is 693. The molecule has 0 aliphatic carbocycles. The number of carbonyl (C=O) groups is 3. The summed E-state index contributed by atoms with van der Waals surface area (Å²) in [5.41, 5.74) is 1.03. The molecular weight excluding hydrogens is 375 g/mol. The van der Waals surface area contributed by atoms with Gasteiger partial charge < -0.3 is 10.2 Å². The van der Waals surface area contributed by atoms with Crippen molar-refractivity contribution in [1.29, 1.82) is 0 Å². The van der Waals surface area contributed by atoms with Gasteiger partial charge in [0.05, 0.1) is 10.0 Å². The maximum absolute atomic E-state index is 12.3. The van der Waals surface area contributed by atoms with Gasteiger partial charge >= 0.3 is 0 Å². The van der Waals surface area contributed by atoms with E-state index in [1.165, 1.54) is 4.90 Å². The Hall–Kier alpha value is -1.59. The lowest BCUT2D eigenvalue weighted by Crippen LogP contribution is -2.36. The topological polar surface area (TPSA) is 66.5 Å². The maximum atomic E-state index is 12.3. The number of amides is 2. The molecule has 0 spiro atoms. The molecule has 0 bridgehead atoms. The van der Waals surface area contributed by atoms with Crippen LogP contribution in [-0.4, -0.2) is 42.1 Å². The SMILES string of the molecule is CCC(C)CN1CC(C(=O)NCCCc2ccc(Cl)c(Cl)c2)C(=O)C1=O. The summed E-state index contributed by atoms with van der Waals surface area (Å²) in [5, 5.41) is 3.78. The van der Waals surface area contributed by atoms with Crippen molar-refractivity contribution in [3.63, 3.8) is 0 Å². The van der Waals surface area contributed by atoms with Gasteiger partial charge in [-0.25, -0.2) is 0 Å². The largest absolute Gasteiger partial charge is 0.355 e. The van der Waals surface area contributed by atoms with Gasteiger partial charge in [-0.1, -0.05) is 49.5 Å². The minimum atomic E-state index is -0.892. The molecule has 1 aliphatic heterocycles. The van der Waals surface area contributed by atoms with E-state index in [1.54, 1.807) is 12.1 Å². The molecule has 0 aromatic heterocycles. The molecule has 7 heteroatoms. The zero-order valence-corrected chi connectivity index (χ0v) is 16.6. The van der Waals surface area contributed by atoms with Crippen molar-refractivity contribution < 1.29 is 14.4 Å². The molecule has 5 nitrogen and oxygen atoms in total. The molecule has 1 aliphatic rings. The zero-order valence-electron chi connectivity index (χ0n) is 15.1. The van der Waals surface area contributed by atoms with Crippen molar-refractivity contribution >= 4 is 40.8 Å². The molecule has 2 unspecified atom stereocenters. The minimum absolute atomic E-state index is 0.181. The monoisotopic (exact) mass is 398 g/mol. The van der Waals surface area contributed by atoms with E-state index in [9.17, 15) is 14.4 Å². The second kappa shape index (κ2) is 9.38. The molecular formula is C19H24Cl2N2O3. The lowest BCUT2D eigenvalue weighted by atomic mass is 10.1. The van der Waals surface area contributed by atoms with E-state index in [4.69, 9.17) is 23.2 Å². The van der Waals surface area contributed by atoms with Crippen LogP contribution in [0.5, 0.6) is 0 Å². The summed E-state index contributed by atoms with van der Waals surface area (Å²) in [6.07, 6.45) is 2.35. The van der Waals surface area contributed by atoms with Crippen LogP contribution in [0.3, 0.4) is 0 Å². The van der Waals surface area contributed by atoms with Crippen molar-refractivity contribution in [1.82, 2.24) is 10.2 Å². The Morgan fingerprint density at radius 2 is 2.04 bits per heavy atom. The van der Waals surface area contributed by atoms with Gasteiger partial charge in [-0.15, -0.1) is 0 Å². The van der Waals surface area contributed by atoms with Gasteiger partial charge in [0, 0.05) is 19.6 Å². The fraction of sp³-hybridized carbons (Fsp3) is 0.526. The number of halogens is 2. The predicted molar refractivity (Wildman–Crippen MR) is 102 cm³/mol. The molecule has 2 rings (SSSR count). The molecule has 2 amide bonds. The Balaban J connectivity index is 1.79. The molecule has 1 saturated heterocycles. The Labute approximate surface area is 164 Å². The van der Waals surface area contributed by atoms with Crippen molar-refractivity contribution in [3.05, 3.63) is 33.8 Å². The molecule has 1 heterocycles. The number of hydrogen-bond acceptors (Lipinski definition) is 3. The van der Waals surface area contributed by atoms with Gasteiger partial charge in [0.2, 0.25) is 11.7 Å². The number of carbonyl (C=O) groups excluding carboxylic acids is 3. The maximum Gasteiger partial charge on any atom is 0.290 e. The highest BCUT2D eigenvalue weighted by molar-refractivity contribution is 6.42. The molecule has 0 radical (unpaired) electrons. The number of ketones is 1. The van der Waals surface area contributed by atoms with Crippen LogP contribution < -0.4 is 5.32 Å². The Morgan fingerprint density at radius 3 is 2.69 bits per heavy atom. The number of rotatable bonds is 8. The van der Waals surface area contributed by atoms with Crippen molar-refractivity contribution in [2.45, 2.75) is 33.1 Å². The van der Waals surface area contributed by atoms with Crippen LogP contribution in [-0.2, 0) is 20.8 Å². The number of aryl methyl sites for hydroxylation is 1. The number of Topliss-reactive ketones (excluding diaryl/α,β-unsaturated/α-hetero) is 1. The Kier molecular flexibility index (Phi) is 7.47. The summed E-state index contributed by atoms with van der Waals surface area (Å²) in [6, 6.07) is 5.44. The van der Waals surface area contributed by atoms with Crippen LogP contribution in [0.25, 0.3) is 0 Å². The van der Waals surface area contributed by atoms with E-state index >= 15 is 0 Å². The minimum Gasteiger partial charge on any atom is -0.355 e. The van der Waals surface area contributed by atoms with E-state index in [0.717, 1.165) is 18.4 Å². The number of nitrogens with zero attached hydrogens (tertiary/aromatic N) is 1. The molecule has 1 N–H and O–H groups in total. The highest BCUT2D eigenvalue weighted by Crippen LogP contribution is 2.23. The van der Waals surface area contributed by atoms with Crippen LogP contribution in [0.2, 0.25) is 10.0 Å². The first kappa shape index (κ1) is 20.7. The molecule has 2 atom stereocenters. The highest BCUT2D eigenvalue weighted by atomic mass is 35.5. The summed E-state index contributed by atoms with van der Waals surface area (Å²) < 4.78 is 0. The summed E-state index contributed by atoms with van der Waals surface area (Å²) in [7, 11) is 0. The molecule has 1 fully saturated rings. The van der Waals surface area contributed by atoms with Crippen LogP contribution in [0.1, 0.15) is 32.3 Å². The second-order valence-corrected chi connectivity index (χ2v) is 7.60. The quantitative estimate of drug-likeness (QED) is 0.415. The fourth-order valence-electron chi connectivity index (χ4n) is 2.88. The van der Waals surface area contributed by atoms with Crippen LogP contribution >= 0.6 is 23.2 Å².